The fourth-order valence-electron chi connectivity index (χ4n) is 1.55. The third-order valence-corrected chi connectivity index (χ3v) is 2.50. The van der Waals surface area contributed by atoms with Crippen LogP contribution in [0.4, 0.5) is 0 Å². The van der Waals surface area contributed by atoms with Gasteiger partial charge in [0, 0.05) is 18.7 Å². The third kappa shape index (κ3) is 1.75. The zero-order valence-electron chi connectivity index (χ0n) is 8.68. The van der Waals surface area contributed by atoms with Crippen LogP contribution in [0.5, 0.6) is 0 Å². The van der Waals surface area contributed by atoms with E-state index >= 15 is 0 Å². The van der Waals surface area contributed by atoms with Crippen LogP contribution in [-0.4, -0.2) is 23.2 Å². The van der Waals surface area contributed by atoms with Gasteiger partial charge < -0.3 is 9.84 Å². The second kappa shape index (κ2) is 3.90. The zero-order valence-corrected chi connectivity index (χ0v) is 8.68. The van der Waals surface area contributed by atoms with Crippen LogP contribution < -0.4 is 5.32 Å². The molecule has 4 heteroatoms. The number of benzene rings is 1. The largest absolute Gasteiger partial charge is 0.334 e. The van der Waals surface area contributed by atoms with Crippen LogP contribution in [0.15, 0.2) is 40.4 Å². The van der Waals surface area contributed by atoms with Crippen molar-refractivity contribution in [2.45, 2.75) is 0 Å². The van der Waals surface area contributed by atoms with E-state index in [0.29, 0.717) is 11.7 Å². The van der Waals surface area contributed by atoms with Gasteiger partial charge in [-0.25, -0.2) is 0 Å². The molecule has 1 fully saturated rings. The van der Waals surface area contributed by atoms with E-state index in [0.717, 1.165) is 18.7 Å². The van der Waals surface area contributed by atoms with E-state index in [1.807, 2.05) is 36.4 Å². The van der Waals surface area contributed by atoms with E-state index in [2.05, 4.69) is 15.5 Å². The predicted molar refractivity (Wildman–Crippen MR) is 60.6 cm³/mol. The summed E-state index contributed by atoms with van der Waals surface area (Å²) in [6, 6.07) is 9.77. The number of hydrogen-bond acceptors (Lipinski definition) is 4. The van der Waals surface area contributed by atoms with E-state index in [1.54, 1.807) is 0 Å². The summed E-state index contributed by atoms with van der Waals surface area (Å²) in [5, 5.41) is 7.09. The quantitative estimate of drug-likeness (QED) is 0.825. The Morgan fingerprint density at radius 1 is 1.19 bits per heavy atom. The van der Waals surface area contributed by atoms with Crippen LogP contribution in [0.2, 0.25) is 0 Å². The molecule has 2 heterocycles. The molecule has 0 aliphatic carbocycles. The minimum absolute atomic E-state index is 0.569. The molecule has 0 spiro atoms. The summed E-state index contributed by atoms with van der Waals surface area (Å²) >= 11 is 0. The summed E-state index contributed by atoms with van der Waals surface area (Å²) in [6.07, 6.45) is 1.96. The van der Waals surface area contributed by atoms with Crippen molar-refractivity contribution < 1.29 is 4.52 Å². The molecule has 80 valence electrons. The first-order chi connectivity index (χ1) is 7.92. The van der Waals surface area contributed by atoms with Crippen LogP contribution in [0, 0.1) is 0 Å². The normalized spacial score (nSPS) is 14.6. The monoisotopic (exact) mass is 213 g/mol. The molecule has 0 saturated carbocycles. The summed E-state index contributed by atoms with van der Waals surface area (Å²) in [7, 11) is 0. The third-order valence-electron chi connectivity index (χ3n) is 2.50. The molecule has 16 heavy (non-hydrogen) atoms. The first kappa shape index (κ1) is 9.30. The highest BCUT2D eigenvalue weighted by Gasteiger charge is 2.10. The summed E-state index contributed by atoms with van der Waals surface area (Å²) < 4.78 is 5.19. The van der Waals surface area contributed by atoms with Crippen LogP contribution in [0.3, 0.4) is 0 Å². The van der Waals surface area contributed by atoms with Crippen molar-refractivity contribution in [1.82, 2.24) is 15.5 Å². The Kier molecular flexibility index (Phi) is 2.27. The summed E-state index contributed by atoms with van der Waals surface area (Å²) in [6.45, 7) is 1.85. The number of nitrogens with zero attached hydrogens (tertiary/aromatic N) is 2. The topological polar surface area (TPSA) is 51.0 Å². The maximum absolute atomic E-state index is 5.19. The Labute approximate surface area is 93.0 Å². The molecular weight excluding hydrogens is 202 g/mol. The molecule has 0 amide bonds. The molecule has 0 atom stereocenters. The van der Waals surface area contributed by atoms with Gasteiger partial charge >= 0.3 is 0 Å². The molecule has 3 rings (SSSR count). The molecule has 1 aromatic carbocycles. The van der Waals surface area contributed by atoms with Gasteiger partial charge in [0.15, 0.2) is 5.82 Å². The van der Waals surface area contributed by atoms with Gasteiger partial charge in [0.2, 0.25) is 0 Å². The van der Waals surface area contributed by atoms with Crippen LogP contribution in [0.25, 0.3) is 17.5 Å². The van der Waals surface area contributed by atoms with Gasteiger partial charge in [0.25, 0.3) is 5.89 Å². The van der Waals surface area contributed by atoms with Crippen molar-refractivity contribution in [3.8, 4) is 11.5 Å². The van der Waals surface area contributed by atoms with E-state index in [4.69, 9.17) is 4.52 Å². The molecule has 4 nitrogen and oxygen atoms in total. The predicted octanol–water partition coefficient (Wildman–Crippen LogP) is 1.72. The van der Waals surface area contributed by atoms with Crippen LogP contribution in [-0.2, 0) is 0 Å². The van der Waals surface area contributed by atoms with Gasteiger partial charge in [-0.2, -0.15) is 4.98 Å². The standard InChI is InChI=1S/C12H11N3O/c1-2-4-10(5-3-1)12-14-11(15-16-12)6-9-7-13-8-9/h1-6,13H,7-8H2. The van der Waals surface area contributed by atoms with Crippen molar-refractivity contribution in [3.05, 3.63) is 41.7 Å². The van der Waals surface area contributed by atoms with Gasteiger partial charge in [-0.05, 0) is 23.8 Å². The molecule has 1 N–H and O–H groups in total. The Hall–Kier alpha value is -1.94. The van der Waals surface area contributed by atoms with Crippen LogP contribution >= 0.6 is 0 Å². The maximum atomic E-state index is 5.19. The number of aromatic nitrogens is 2. The SMILES string of the molecule is C(=C1CNC1)c1noc(-c2ccccc2)n1. The highest BCUT2D eigenvalue weighted by atomic mass is 16.5. The zero-order chi connectivity index (χ0) is 10.8. The average molecular weight is 213 g/mol. The van der Waals surface area contributed by atoms with Crippen molar-refractivity contribution in [2.24, 2.45) is 0 Å². The summed E-state index contributed by atoms with van der Waals surface area (Å²) in [5.41, 5.74) is 2.26. The molecule has 0 unspecified atom stereocenters. The Morgan fingerprint density at radius 2 is 2.00 bits per heavy atom. The maximum Gasteiger partial charge on any atom is 0.258 e. The van der Waals surface area contributed by atoms with Gasteiger partial charge in [-0.3, -0.25) is 0 Å². The second-order valence-corrected chi connectivity index (χ2v) is 3.73. The highest BCUT2D eigenvalue weighted by molar-refractivity contribution is 5.55. The van der Waals surface area contributed by atoms with Gasteiger partial charge in [-0.1, -0.05) is 23.4 Å². The smallest absolute Gasteiger partial charge is 0.258 e. The van der Waals surface area contributed by atoms with Crippen molar-refractivity contribution in [3.63, 3.8) is 0 Å². The van der Waals surface area contributed by atoms with Crippen LogP contribution in [0.1, 0.15) is 5.82 Å². The Bertz CT molecular complexity index is 510. The van der Waals surface area contributed by atoms with Crippen molar-refractivity contribution in [2.75, 3.05) is 13.1 Å². The minimum atomic E-state index is 0.569. The molecule has 1 aliphatic rings. The lowest BCUT2D eigenvalue weighted by atomic mass is 10.1. The lowest BCUT2D eigenvalue weighted by molar-refractivity contribution is 0.428. The van der Waals surface area contributed by atoms with Crippen molar-refractivity contribution in [1.29, 1.82) is 0 Å². The number of nitrogens with one attached hydrogen (secondary N) is 1. The lowest BCUT2D eigenvalue weighted by Crippen LogP contribution is -2.33. The van der Waals surface area contributed by atoms with E-state index in [1.165, 1.54) is 5.57 Å². The first-order valence-corrected chi connectivity index (χ1v) is 5.21. The Balaban J connectivity index is 1.88. The first-order valence-electron chi connectivity index (χ1n) is 5.21. The molecular formula is C12H11N3O. The van der Waals surface area contributed by atoms with Crippen molar-refractivity contribution >= 4 is 6.08 Å². The highest BCUT2D eigenvalue weighted by Crippen LogP contribution is 2.17. The molecule has 1 aliphatic heterocycles. The average Bonchev–Trinajstić information content (AvgIpc) is 2.73. The number of rotatable bonds is 2. The molecule has 0 bridgehead atoms. The van der Waals surface area contributed by atoms with E-state index in [-0.39, 0.29) is 0 Å². The lowest BCUT2D eigenvalue weighted by Gasteiger charge is -2.17. The summed E-state index contributed by atoms with van der Waals surface area (Å²) in [4.78, 5) is 4.32. The fraction of sp³-hybridized carbons (Fsp3) is 0.167. The second-order valence-electron chi connectivity index (χ2n) is 3.73. The van der Waals surface area contributed by atoms with E-state index in [9.17, 15) is 0 Å². The minimum Gasteiger partial charge on any atom is -0.334 e. The van der Waals surface area contributed by atoms with Gasteiger partial charge in [0.05, 0.1) is 0 Å². The van der Waals surface area contributed by atoms with E-state index < -0.39 is 0 Å². The number of hydrogen-bond donors (Lipinski definition) is 1. The van der Waals surface area contributed by atoms with Gasteiger partial charge in [-0.15, -0.1) is 0 Å². The molecule has 1 saturated heterocycles. The molecule has 1 aromatic heterocycles. The Morgan fingerprint density at radius 3 is 2.69 bits per heavy atom. The summed E-state index contributed by atoms with van der Waals surface area (Å²) in [5.74, 6) is 1.22. The molecule has 0 radical (unpaired) electrons. The molecule has 2 aromatic rings. The fourth-order valence-corrected chi connectivity index (χ4v) is 1.55. The van der Waals surface area contributed by atoms with Gasteiger partial charge in [0.1, 0.15) is 0 Å².